The molecule has 0 spiro atoms. The van der Waals surface area contributed by atoms with Crippen molar-refractivity contribution in [1.29, 1.82) is 0 Å². The topological polar surface area (TPSA) is 0 Å². The minimum atomic E-state index is 0.935. The van der Waals surface area contributed by atoms with Gasteiger partial charge in [-0.1, -0.05) is 38.8 Å². The maximum absolute atomic E-state index is 2.36. The standard InChI is InChI=1S/C10H18/c1-3-9(4-2)8-10-6-5-7-10/h5-6,9-10H,3-4,7-8H2,1-2H3. The van der Waals surface area contributed by atoms with Gasteiger partial charge in [-0.05, 0) is 24.7 Å². The summed E-state index contributed by atoms with van der Waals surface area (Å²) in [5.41, 5.74) is 0. The van der Waals surface area contributed by atoms with Crippen LogP contribution >= 0.6 is 0 Å². The SMILES string of the molecule is CCC(CC)CC1C=CC1. The van der Waals surface area contributed by atoms with Gasteiger partial charge in [0.25, 0.3) is 0 Å². The number of rotatable bonds is 4. The molecule has 0 heterocycles. The third-order valence-corrected chi connectivity index (χ3v) is 2.64. The van der Waals surface area contributed by atoms with Crippen molar-refractivity contribution in [2.75, 3.05) is 0 Å². The molecule has 0 heteroatoms. The fourth-order valence-electron chi connectivity index (χ4n) is 1.55. The highest BCUT2D eigenvalue weighted by atomic mass is 14.2. The Labute approximate surface area is 64.3 Å². The zero-order chi connectivity index (χ0) is 7.40. The molecule has 0 bridgehead atoms. The van der Waals surface area contributed by atoms with Gasteiger partial charge in [-0.15, -0.1) is 0 Å². The number of hydrogen-bond donors (Lipinski definition) is 0. The summed E-state index contributed by atoms with van der Waals surface area (Å²) < 4.78 is 0. The molecule has 0 saturated heterocycles. The van der Waals surface area contributed by atoms with Gasteiger partial charge >= 0.3 is 0 Å². The summed E-state index contributed by atoms with van der Waals surface area (Å²) in [6, 6.07) is 0. The zero-order valence-electron chi connectivity index (χ0n) is 7.14. The summed E-state index contributed by atoms with van der Waals surface area (Å²) in [6.45, 7) is 4.60. The van der Waals surface area contributed by atoms with Gasteiger partial charge in [-0.3, -0.25) is 0 Å². The maximum atomic E-state index is 2.36. The molecule has 1 aliphatic carbocycles. The van der Waals surface area contributed by atoms with Gasteiger partial charge in [0.2, 0.25) is 0 Å². The van der Waals surface area contributed by atoms with Gasteiger partial charge in [-0.2, -0.15) is 0 Å². The third kappa shape index (κ3) is 1.86. The Balaban J connectivity index is 2.14. The lowest BCUT2D eigenvalue weighted by Gasteiger charge is -2.22. The van der Waals surface area contributed by atoms with Crippen LogP contribution in [0.3, 0.4) is 0 Å². The van der Waals surface area contributed by atoms with Crippen molar-refractivity contribution < 1.29 is 0 Å². The molecule has 58 valence electrons. The number of allylic oxidation sites excluding steroid dienone is 2. The number of hydrogen-bond acceptors (Lipinski definition) is 0. The van der Waals surface area contributed by atoms with Gasteiger partial charge in [0.15, 0.2) is 0 Å². The second-order valence-electron chi connectivity index (χ2n) is 3.34. The van der Waals surface area contributed by atoms with E-state index in [0.29, 0.717) is 0 Å². The van der Waals surface area contributed by atoms with Crippen molar-refractivity contribution >= 4 is 0 Å². The second-order valence-corrected chi connectivity index (χ2v) is 3.34. The summed E-state index contributed by atoms with van der Waals surface area (Å²) >= 11 is 0. The van der Waals surface area contributed by atoms with Crippen molar-refractivity contribution in [3.05, 3.63) is 12.2 Å². The van der Waals surface area contributed by atoms with Gasteiger partial charge in [0.05, 0.1) is 0 Å². The molecule has 0 fully saturated rings. The Kier molecular flexibility index (Phi) is 2.98. The van der Waals surface area contributed by atoms with E-state index >= 15 is 0 Å². The highest BCUT2D eigenvalue weighted by Crippen LogP contribution is 2.27. The molecule has 1 atom stereocenters. The van der Waals surface area contributed by atoms with E-state index in [-0.39, 0.29) is 0 Å². The largest absolute Gasteiger partial charge is 0.0877 e. The first kappa shape index (κ1) is 7.84. The van der Waals surface area contributed by atoms with Crippen molar-refractivity contribution in [3.8, 4) is 0 Å². The van der Waals surface area contributed by atoms with Crippen LogP contribution in [0.15, 0.2) is 12.2 Å². The van der Waals surface area contributed by atoms with E-state index in [9.17, 15) is 0 Å². The quantitative estimate of drug-likeness (QED) is 0.522. The molecule has 0 amide bonds. The van der Waals surface area contributed by atoms with E-state index < -0.39 is 0 Å². The molecule has 0 nitrogen and oxygen atoms in total. The Bertz CT molecular complexity index is 109. The summed E-state index contributed by atoms with van der Waals surface area (Å²) in [6.07, 6.45) is 10.1. The summed E-state index contributed by atoms with van der Waals surface area (Å²) in [4.78, 5) is 0. The summed E-state index contributed by atoms with van der Waals surface area (Å²) in [5.74, 6) is 1.92. The molecule has 0 saturated carbocycles. The van der Waals surface area contributed by atoms with Crippen LogP contribution in [0.4, 0.5) is 0 Å². The van der Waals surface area contributed by atoms with Crippen LogP contribution in [0.2, 0.25) is 0 Å². The molecule has 0 aromatic carbocycles. The average molecular weight is 138 g/mol. The van der Waals surface area contributed by atoms with Gasteiger partial charge in [0.1, 0.15) is 0 Å². The van der Waals surface area contributed by atoms with E-state index in [0.717, 1.165) is 11.8 Å². The van der Waals surface area contributed by atoms with E-state index in [1.54, 1.807) is 0 Å². The summed E-state index contributed by atoms with van der Waals surface area (Å²) in [7, 11) is 0. The van der Waals surface area contributed by atoms with E-state index in [1.165, 1.54) is 25.7 Å². The molecule has 1 rings (SSSR count). The molecular formula is C10H18. The highest BCUT2D eigenvalue weighted by molar-refractivity contribution is 5.02. The Morgan fingerprint density at radius 1 is 1.40 bits per heavy atom. The zero-order valence-corrected chi connectivity index (χ0v) is 7.14. The first-order chi connectivity index (χ1) is 4.86. The van der Waals surface area contributed by atoms with E-state index in [2.05, 4.69) is 26.0 Å². The lowest BCUT2D eigenvalue weighted by atomic mass is 9.84. The molecular weight excluding hydrogens is 120 g/mol. The van der Waals surface area contributed by atoms with Crippen molar-refractivity contribution in [3.63, 3.8) is 0 Å². The molecule has 10 heavy (non-hydrogen) atoms. The fourth-order valence-corrected chi connectivity index (χ4v) is 1.55. The van der Waals surface area contributed by atoms with Gasteiger partial charge < -0.3 is 0 Å². The molecule has 0 aromatic heterocycles. The molecule has 0 aromatic rings. The highest BCUT2D eigenvalue weighted by Gasteiger charge is 2.14. The minimum Gasteiger partial charge on any atom is -0.0877 e. The van der Waals surface area contributed by atoms with Crippen LogP contribution < -0.4 is 0 Å². The van der Waals surface area contributed by atoms with Crippen LogP contribution in [0.1, 0.15) is 39.5 Å². The lowest BCUT2D eigenvalue weighted by molar-refractivity contribution is 0.381. The Hall–Kier alpha value is -0.260. The predicted octanol–water partition coefficient (Wildman–Crippen LogP) is 3.39. The monoisotopic (exact) mass is 138 g/mol. The molecule has 0 aliphatic heterocycles. The van der Waals surface area contributed by atoms with Crippen LogP contribution in [0.25, 0.3) is 0 Å². The minimum absolute atomic E-state index is 0.935. The van der Waals surface area contributed by atoms with Crippen LogP contribution in [0, 0.1) is 11.8 Å². The lowest BCUT2D eigenvalue weighted by Crippen LogP contribution is -2.09. The molecule has 0 N–H and O–H groups in total. The average Bonchev–Trinajstić information content (AvgIpc) is 1.87. The normalized spacial score (nSPS) is 23.3. The van der Waals surface area contributed by atoms with Gasteiger partial charge in [0, 0.05) is 0 Å². The van der Waals surface area contributed by atoms with Gasteiger partial charge in [-0.25, -0.2) is 0 Å². The molecule has 0 radical (unpaired) electrons. The van der Waals surface area contributed by atoms with Crippen LogP contribution in [-0.2, 0) is 0 Å². The van der Waals surface area contributed by atoms with E-state index in [4.69, 9.17) is 0 Å². The molecule has 1 unspecified atom stereocenters. The van der Waals surface area contributed by atoms with Crippen molar-refractivity contribution in [1.82, 2.24) is 0 Å². The van der Waals surface area contributed by atoms with E-state index in [1.807, 2.05) is 0 Å². The van der Waals surface area contributed by atoms with Crippen molar-refractivity contribution in [2.45, 2.75) is 39.5 Å². The first-order valence-corrected chi connectivity index (χ1v) is 4.53. The van der Waals surface area contributed by atoms with Crippen molar-refractivity contribution in [2.24, 2.45) is 11.8 Å². The first-order valence-electron chi connectivity index (χ1n) is 4.53. The van der Waals surface area contributed by atoms with Crippen LogP contribution in [0.5, 0.6) is 0 Å². The fraction of sp³-hybridized carbons (Fsp3) is 0.800. The predicted molar refractivity (Wildman–Crippen MR) is 45.9 cm³/mol. The third-order valence-electron chi connectivity index (χ3n) is 2.64. The molecule has 1 aliphatic rings. The van der Waals surface area contributed by atoms with Crippen LogP contribution in [-0.4, -0.2) is 0 Å². The second kappa shape index (κ2) is 3.80. The Morgan fingerprint density at radius 2 is 2.00 bits per heavy atom. The Morgan fingerprint density at radius 3 is 2.30 bits per heavy atom. The summed E-state index contributed by atoms with van der Waals surface area (Å²) in [5, 5.41) is 0. The smallest absolute Gasteiger partial charge is 0.0196 e. The maximum Gasteiger partial charge on any atom is -0.0196 e.